The molecule has 2 nitrogen and oxygen atoms in total. The minimum absolute atomic E-state index is 0.0540. The van der Waals surface area contributed by atoms with Crippen LogP contribution in [0.3, 0.4) is 0 Å². The minimum Gasteiger partial charge on any atom is -0.325 e. The van der Waals surface area contributed by atoms with Gasteiger partial charge in [-0.25, -0.2) is 0 Å². The van der Waals surface area contributed by atoms with Crippen LogP contribution in [0.4, 0.5) is 5.69 Å². The first-order chi connectivity index (χ1) is 10.1. The molecule has 4 heteroatoms. The first kappa shape index (κ1) is 16.2. The standard InChI is InChI=1S/C17H17Br2NO/c1-2-12-8-6-7-11-14(12)20-17(21)16(19)15(18)13-9-4-3-5-10-13/h3-11,15-16H,2H2,1H3,(H,20,21)/t15-,16-/m0/s1. The van der Waals surface area contributed by atoms with E-state index in [1.54, 1.807) is 0 Å². The van der Waals surface area contributed by atoms with E-state index in [0.29, 0.717) is 0 Å². The number of hydrogen-bond donors (Lipinski definition) is 1. The van der Waals surface area contributed by atoms with Gasteiger partial charge in [0.25, 0.3) is 0 Å². The van der Waals surface area contributed by atoms with Crippen LogP contribution in [0, 0.1) is 0 Å². The van der Waals surface area contributed by atoms with Crippen molar-refractivity contribution < 1.29 is 4.79 Å². The van der Waals surface area contributed by atoms with Crippen molar-refractivity contribution in [3.63, 3.8) is 0 Å². The van der Waals surface area contributed by atoms with Crippen molar-refractivity contribution in [3.05, 3.63) is 65.7 Å². The smallest absolute Gasteiger partial charge is 0.239 e. The van der Waals surface area contributed by atoms with Gasteiger partial charge in [0.15, 0.2) is 0 Å². The molecule has 2 aromatic rings. The molecule has 0 fully saturated rings. The number of carbonyl (C=O) groups excluding carboxylic acids is 1. The molecule has 0 aliphatic rings. The summed E-state index contributed by atoms with van der Waals surface area (Å²) in [6.07, 6.45) is 0.889. The number of hydrogen-bond acceptors (Lipinski definition) is 1. The number of aryl methyl sites for hydroxylation is 1. The Hall–Kier alpha value is -1.13. The lowest BCUT2D eigenvalue weighted by Gasteiger charge is -2.18. The van der Waals surface area contributed by atoms with E-state index in [0.717, 1.165) is 23.2 Å². The van der Waals surface area contributed by atoms with Crippen LogP contribution in [-0.2, 0) is 11.2 Å². The molecule has 0 unspecified atom stereocenters. The summed E-state index contributed by atoms with van der Waals surface area (Å²) in [5, 5.41) is 3.00. The Kier molecular flexibility index (Phi) is 6.00. The molecule has 0 aliphatic carbocycles. The summed E-state index contributed by atoms with van der Waals surface area (Å²) in [5.41, 5.74) is 3.08. The van der Waals surface area contributed by atoms with Crippen LogP contribution in [0.5, 0.6) is 0 Å². The summed E-state index contributed by atoms with van der Waals surface area (Å²) in [6, 6.07) is 17.8. The Bertz CT molecular complexity index is 601. The lowest BCUT2D eigenvalue weighted by molar-refractivity contribution is -0.115. The average Bonchev–Trinajstić information content (AvgIpc) is 2.54. The molecule has 0 saturated heterocycles. The van der Waals surface area contributed by atoms with Crippen LogP contribution in [0.25, 0.3) is 0 Å². The monoisotopic (exact) mass is 409 g/mol. The van der Waals surface area contributed by atoms with E-state index >= 15 is 0 Å². The molecule has 0 aromatic heterocycles. The molecule has 0 aliphatic heterocycles. The van der Waals surface area contributed by atoms with E-state index in [1.807, 2.05) is 54.6 Å². The molecule has 1 N–H and O–H groups in total. The quantitative estimate of drug-likeness (QED) is 0.683. The lowest BCUT2D eigenvalue weighted by atomic mass is 10.1. The van der Waals surface area contributed by atoms with Crippen LogP contribution >= 0.6 is 31.9 Å². The molecular formula is C17H17Br2NO. The molecule has 1 amide bonds. The molecule has 2 rings (SSSR count). The number of alkyl halides is 2. The summed E-state index contributed by atoms with van der Waals surface area (Å²) in [6.45, 7) is 2.08. The van der Waals surface area contributed by atoms with Crippen molar-refractivity contribution in [1.29, 1.82) is 0 Å². The van der Waals surface area contributed by atoms with Gasteiger partial charge in [-0.15, -0.1) is 0 Å². The number of amides is 1. The van der Waals surface area contributed by atoms with Crippen molar-refractivity contribution in [2.24, 2.45) is 0 Å². The molecule has 0 spiro atoms. The van der Waals surface area contributed by atoms with Crippen LogP contribution in [0.2, 0.25) is 0 Å². The molecule has 110 valence electrons. The first-order valence-electron chi connectivity index (χ1n) is 6.85. The van der Waals surface area contributed by atoms with Crippen molar-refractivity contribution in [3.8, 4) is 0 Å². The van der Waals surface area contributed by atoms with Gasteiger partial charge < -0.3 is 5.32 Å². The zero-order valence-corrected chi connectivity index (χ0v) is 14.9. The average molecular weight is 411 g/mol. The Morgan fingerprint density at radius 1 is 1.05 bits per heavy atom. The SMILES string of the molecule is CCc1ccccc1NC(=O)[C@@H](Br)[C@@H](Br)c1ccccc1. The van der Waals surface area contributed by atoms with Gasteiger partial charge >= 0.3 is 0 Å². The second kappa shape index (κ2) is 7.76. The van der Waals surface area contributed by atoms with E-state index in [1.165, 1.54) is 0 Å². The number of carbonyl (C=O) groups is 1. The third kappa shape index (κ3) is 4.17. The first-order valence-corrected chi connectivity index (χ1v) is 8.68. The summed E-state index contributed by atoms with van der Waals surface area (Å²) in [5.74, 6) is -0.0540. The highest BCUT2D eigenvalue weighted by Crippen LogP contribution is 2.32. The zero-order chi connectivity index (χ0) is 15.2. The normalized spacial score (nSPS) is 13.5. The van der Waals surface area contributed by atoms with Crippen molar-refractivity contribution >= 4 is 43.5 Å². The second-order valence-corrected chi connectivity index (χ2v) is 6.69. The Labute approximate surface area is 142 Å². The molecule has 0 radical (unpaired) electrons. The van der Waals surface area contributed by atoms with Gasteiger partial charge in [-0.1, -0.05) is 87.3 Å². The van der Waals surface area contributed by atoms with E-state index in [-0.39, 0.29) is 15.6 Å². The molecule has 0 saturated carbocycles. The Morgan fingerprint density at radius 2 is 1.67 bits per heavy atom. The predicted octanol–water partition coefficient (Wildman–Crippen LogP) is 5.09. The summed E-state index contributed by atoms with van der Waals surface area (Å²) < 4.78 is 0. The number of halogens is 2. The van der Waals surface area contributed by atoms with Gasteiger partial charge in [0.2, 0.25) is 5.91 Å². The second-order valence-electron chi connectivity index (χ2n) is 4.71. The number of benzene rings is 2. The Morgan fingerprint density at radius 3 is 2.33 bits per heavy atom. The van der Waals surface area contributed by atoms with Crippen LogP contribution in [0.1, 0.15) is 22.9 Å². The molecular weight excluding hydrogens is 394 g/mol. The zero-order valence-electron chi connectivity index (χ0n) is 11.7. The highest BCUT2D eigenvalue weighted by atomic mass is 79.9. The van der Waals surface area contributed by atoms with Crippen molar-refractivity contribution in [2.75, 3.05) is 5.32 Å². The fourth-order valence-corrected chi connectivity index (χ4v) is 3.06. The van der Waals surface area contributed by atoms with Crippen molar-refractivity contribution in [2.45, 2.75) is 23.0 Å². The molecule has 2 aromatic carbocycles. The molecule has 0 heterocycles. The lowest BCUT2D eigenvalue weighted by Crippen LogP contribution is -2.26. The van der Waals surface area contributed by atoms with Gasteiger partial charge in [-0.3, -0.25) is 4.79 Å². The molecule has 2 atom stereocenters. The van der Waals surface area contributed by atoms with E-state index < -0.39 is 0 Å². The maximum atomic E-state index is 12.4. The maximum Gasteiger partial charge on any atom is 0.239 e. The van der Waals surface area contributed by atoms with E-state index in [4.69, 9.17) is 0 Å². The van der Waals surface area contributed by atoms with Crippen molar-refractivity contribution in [1.82, 2.24) is 0 Å². The number of anilines is 1. The molecule has 0 bridgehead atoms. The third-order valence-corrected chi connectivity index (χ3v) is 5.99. The largest absolute Gasteiger partial charge is 0.325 e. The number of para-hydroxylation sites is 1. The van der Waals surface area contributed by atoms with Gasteiger partial charge in [0.05, 0.1) is 4.83 Å². The van der Waals surface area contributed by atoms with Gasteiger partial charge in [-0.05, 0) is 23.6 Å². The van der Waals surface area contributed by atoms with Gasteiger partial charge in [0, 0.05) is 5.69 Å². The topological polar surface area (TPSA) is 29.1 Å². The summed E-state index contributed by atoms with van der Waals surface area (Å²) >= 11 is 7.08. The van der Waals surface area contributed by atoms with Crippen LogP contribution < -0.4 is 5.32 Å². The summed E-state index contributed by atoms with van der Waals surface area (Å²) in [7, 11) is 0. The highest BCUT2D eigenvalue weighted by Gasteiger charge is 2.25. The van der Waals surface area contributed by atoms with Gasteiger partial charge in [-0.2, -0.15) is 0 Å². The number of nitrogens with one attached hydrogen (secondary N) is 1. The van der Waals surface area contributed by atoms with Crippen LogP contribution in [0.15, 0.2) is 54.6 Å². The number of rotatable bonds is 5. The fourth-order valence-electron chi connectivity index (χ4n) is 2.09. The van der Waals surface area contributed by atoms with Gasteiger partial charge in [0.1, 0.15) is 4.83 Å². The minimum atomic E-state index is -0.343. The fraction of sp³-hybridized carbons (Fsp3) is 0.235. The predicted molar refractivity (Wildman–Crippen MR) is 95.3 cm³/mol. The molecule has 21 heavy (non-hydrogen) atoms. The maximum absolute atomic E-state index is 12.4. The van der Waals surface area contributed by atoms with Crippen LogP contribution in [-0.4, -0.2) is 10.7 Å². The third-order valence-electron chi connectivity index (χ3n) is 3.28. The summed E-state index contributed by atoms with van der Waals surface area (Å²) in [4.78, 5) is 12.0. The van der Waals surface area contributed by atoms with E-state index in [9.17, 15) is 4.79 Å². The Balaban J connectivity index is 2.09. The highest BCUT2D eigenvalue weighted by molar-refractivity contribution is 9.12. The van der Waals surface area contributed by atoms with E-state index in [2.05, 4.69) is 44.1 Å².